The van der Waals surface area contributed by atoms with Crippen molar-refractivity contribution in [2.45, 2.75) is 57.2 Å². The minimum absolute atomic E-state index is 0.0393. The molecule has 3 heteroatoms. The third-order valence-corrected chi connectivity index (χ3v) is 7.04. The van der Waals surface area contributed by atoms with Gasteiger partial charge in [-0.05, 0) is 49.0 Å². The van der Waals surface area contributed by atoms with Gasteiger partial charge in [-0.2, -0.15) is 0 Å². The van der Waals surface area contributed by atoms with Crippen LogP contribution >= 0.6 is 27.5 Å². The molecule has 2 aliphatic carbocycles. The second-order valence-corrected chi connectivity index (χ2v) is 9.35. The fourth-order valence-corrected chi connectivity index (χ4v) is 4.47. The second-order valence-electron chi connectivity index (χ2n) is 6.80. The van der Waals surface area contributed by atoms with Crippen molar-refractivity contribution >= 4 is 33.3 Å². The Kier molecular flexibility index (Phi) is 3.52. The Bertz CT molecular complexity index is 411. The molecule has 102 valence electrons. The van der Waals surface area contributed by atoms with Crippen LogP contribution in [0.2, 0.25) is 0 Å². The minimum atomic E-state index is -0.268. The van der Waals surface area contributed by atoms with Crippen LogP contribution in [0.4, 0.5) is 0 Å². The third-order valence-electron chi connectivity index (χ3n) is 5.30. The molecule has 1 nitrogen and oxygen atoms in total. The first-order valence-electron chi connectivity index (χ1n) is 6.70. The zero-order valence-corrected chi connectivity index (χ0v) is 14.0. The van der Waals surface area contributed by atoms with Gasteiger partial charge in [0.1, 0.15) is 3.78 Å². The molecule has 18 heavy (non-hydrogen) atoms. The number of alkyl halides is 2. The van der Waals surface area contributed by atoms with Gasteiger partial charge in [-0.1, -0.05) is 42.3 Å². The Morgan fingerprint density at radius 1 is 1.39 bits per heavy atom. The predicted molar refractivity (Wildman–Crippen MR) is 80.1 cm³/mol. The van der Waals surface area contributed by atoms with Crippen LogP contribution in [-0.2, 0) is 4.79 Å². The lowest BCUT2D eigenvalue weighted by atomic mass is 9.50. The van der Waals surface area contributed by atoms with Crippen LogP contribution in [0, 0.1) is 16.7 Å². The Morgan fingerprint density at radius 3 is 2.50 bits per heavy atom. The smallest absolute Gasteiger partial charge is 0.156 e. The van der Waals surface area contributed by atoms with Crippen molar-refractivity contribution in [3.05, 3.63) is 11.6 Å². The van der Waals surface area contributed by atoms with Crippen LogP contribution in [0.5, 0.6) is 0 Å². The number of halogens is 2. The summed E-state index contributed by atoms with van der Waals surface area (Å²) in [6.45, 7) is 8.82. The third kappa shape index (κ3) is 2.10. The van der Waals surface area contributed by atoms with Gasteiger partial charge in [-0.15, -0.1) is 11.6 Å². The summed E-state index contributed by atoms with van der Waals surface area (Å²) in [4.78, 5) is 11.8. The summed E-state index contributed by atoms with van der Waals surface area (Å²) in [5.74, 6) is 0.682. The first kappa shape index (κ1) is 14.6. The molecule has 1 unspecified atom stereocenters. The molecule has 0 aromatic rings. The number of carbonyl (C=O) groups is 1. The molecule has 0 aromatic heterocycles. The van der Waals surface area contributed by atoms with Crippen molar-refractivity contribution in [1.29, 1.82) is 0 Å². The number of hydrogen-bond acceptors (Lipinski definition) is 1. The van der Waals surface area contributed by atoms with E-state index in [1.165, 1.54) is 5.57 Å². The molecule has 1 spiro atoms. The summed E-state index contributed by atoms with van der Waals surface area (Å²) in [6, 6.07) is 0. The van der Waals surface area contributed by atoms with Crippen molar-refractivity contribution < 1.29 is 4.79 Å². The van der Waals surface area contributed by atoms with Crippen LogP contribution in [0.15, 0.2) is 11.6 Å². The van der Waals surface area contributed by atoms with E-state index >= 15 is 0 Å². The first-order valence-corrected chi connectivity index (χ1v) is 7.87. The fraction of sp³-hybridized carbons (Fsp3) is 0.800. The van der Waals surface area contributed by atoms with Crippen molar-refractivity contribution in [3.63, 3.8) is 0 Å². The SMILES string of the molecule is CC1=CC(=O)CC(C)(C)[C@]12CC[C@@](Cl)(Br)C(C)C2. The number of rotatable bonds is 0. The van der Waals surface area contributed by atoms with Crippen molar-refractivity contribution in [1.82, 2.24) is 0 Å². The average Bonchev–Trinajstić information content (AvgIpc) is 2.19. The molecule has 0 heterocycles. The Hall–Kier alpha value is 0.180. The molecular weight excluding hydrogens is 312 g/mol. The highest BCUT2D eigenvalue weighted by atomic mass is 79.9. The van der Waals surface area contributed by atoms with Crippen LogP contribution in [0.1, 0.15) is 53.4 Å². The van der Waals surface area contributed by atoms with Gasteiger partial charge in [0.15, 0.2) is 5.78 Å². The van der Waals surface area contributed by atoms with Crippen molar-refractivity contribution in [2.75, 3.05) is 0 Å². The maximum atomic E-state index is 11.8. The van der Waals surface area contributed by atoms with Gasteiger partial charge in [0.05, 0.1) is 0 Å². The zero-order valence-electron chi connectivity index (χ0n) is 11.6. The summed E-state index contributed by atoms with van der Waals surface area (Å²) in [7, 11) is 0. The predicted octanol–water partition coefficient (Wildman–Crippen LogP) is 5.07. The molecule has 2 aliphatic rings. The standard InChI is InChI=1S/C15H22BrClO/c1-10-7-12(18)9-13(3,4)14(10)5-6-15(16,17)11(2)8-14/h7,11H,5-6,8-9H2,1-4H3/t11?,14-,15-/m0/s1. The van der Waals surface area contributed by atoms with Gasteiger partial charge < -0.3 is 0 Å². The number of carbonyl (C=O) groups excluding carboxylic acids is 1. The molecule has 0 bridgehead atoms. The highest BCUT2D eigenvalue weighted by Gasteiger charge is 2.55. The molecule has 0 N–H and O–H groups in total. The lowest BCUT2D eigenvalue weighted by Gasteiger charge is -2.56. The second kappa shape index (κ2) is 4.34. The van der Waals surface area contributed by atoms with Gasteiger partial charge in [-0.3, -0.25) is 4.79 Å². The summed E-state index contributed by atoms with van der Waals surface area (Å²) >= 11 is 10.2. The molecule has 1 fully saturated rings. The largest absolute Gasteiger partial charge is 0.295 e. The van der Waals surface area contributed by atoms with E-state index in [2.05, 4.69) is 43.6 Å². The van der Waals surface area contributed by atoms with Gasteiger partial charge in [-0.25, -0.2) is 0 Å². The van der Waals surface area contributed by atoms with Gasteiger partial charge in [0.2, 0.25) is 0 Å². The van der Waals surface area contributed by atoms with Gasteiger partial charge >= 0.3 is 0 Å². The van der Waals surface area contributed by atoms with E-state index < -0.39 is 0 Å². The van der Waals surface area contributed by atoms with E-state index in [0.29, 0.717) is 12.3 Å². The minimum Gasteiger partial charge on any atom is -0.295 e. The monoisotopic (exact) mass is 332 g/mol. The van der Waals surface area contributed by atoms with Gasteiger partial charge in [0.25, 0.3) is 0 Å². The van der Waals surface area contributed by atoms with E-state index in [1.807, 2.05) is 6.08 Å². The zero-order chi connectivity index (χ0) is 13.8. The number of allylic oxidation sites excluding steroid dienone is 2. The molecule has 2 rings (SSSR count). The Morgan fingerprint density at radius 2 is 2.00 bits per heavy atom. The highest BCUT2D eigenvalue weighted by Crippen LogP contribution is 2.62. The maximum absolute atomic E-state index is 11.8. The Balaban J connectivity index is 2.42. The van der Waals surface area contributed by atoms with Crippen molar-refractivity contribution in [3.8, 4) is 0 Å². The summed E-state index contributed by atoms with van der Waals surface area (Å²) in [5, 5.41) is 0. The van der Waals surface area contributed by atoms with Crippen LogP contribution in [0.25, 0.3) is 0 Å². The van der Waals surface area contributed by atoms with Gasteiger partial charge in [0, 0.05) is 6.42 Å². The molecule has 0 aliphatic heterocycles. The Labute approximate surface area is 123 Å². The fourth-order valence-electron chi connectivity index (χ4n) is 3.94. The van der Waals surface area contributed by atoms with E-state index in [9.17, 15) is 4.79 Å². The molecule has 3 atom stereocenters. The summed E-state index contributed by atoms with van der Waals surface area (Å²) in [6.07, 6.45) is 5.61. The molecule has 0 saturated heterocycles. The van der Waals surface area contributed by atoms with E-state index in [0.717, 1.165) is 19.3 Å². The lowest BCUT2D eigenvalue weighted by Crippen LogP contribution is -2.49. The van der Waals surface area contributed by atoms with Crippen LogP contribution < -0.4 is 0 Å². The molecule has 1 saturated carbocycles. The van der Waals surface area contributed by atoms with E-state index in [1.54, 1.807) is 0 Å². The van der Waals surface area contributed by atoms with Crippen molar-refractivity contribution in [2.24, 2.45) is 16.7 Å². The molecule has 0 aromatic carbocycles. The molecular formula is C15H22BrClO. The normalized spacial score (nSPS) is 44.0. The van der Waals surface area contributed by atoms with Crippen LogP contribution in [0.3, 0.4) is 0 Å². The topological polar surface area (TPSA) is 17.1 Å². The number of ketones is 1. The quantitative estimate of drug-likeness (QED) is 0.566. The lowest BCUT2D eigenvalue weighted by molar-refractivity contribution is -0.120. The highest BCUT2D eigenvalue weighted by molar-refractivity contribution is 9.10. The van der Waals surface area contributed by atoms with E-state index in [-0.39, 0.29) is 20.4 Å². The van der Waals surface area contributed by atoms with Crippen LogP contribution in [-0.4, -0.2) is 9.57 Å². The van der Waals surface area contributed by atoms with E-state index in [4.69, 9.17) is 11.6 Å². The average molecular weight is 334 g/mol. The summed E-state index contributed by atoms with van der Waals surface area (Å²) < 4.78 is -0.268. The number of hydrogen-bond donors (Lipinski definition) is 0. The molecule has 0 radical (unpaired) electrons. The molecule has 0 amide bonds. The maximum Gasteiger partial charge on any atom is 0.156 e. The first-order chi connectivity index (χ1) is 8.11. The summed E-state index contributed by atoms with van der Waals surface area (Å²) in [5.41, 5.74) is 1.44.